The van der Waals surface area contributed by atoms with Crippen LogP contribution in [0.5, 0.6) is 0 Å². The average Bonchev–Trinajstić information content (AvgIpc) is 2.22. The molecule has 4 atom stereocenters. The fourth-order valence-electron chi connectivity index (χ4n) is 0.662. The van der Waals surface area contributed by atoms with Gasteiger partial charge in [0.2, 0.25) is 0 Å². The molecular weight excluding hydrogens is 410 g/mol. The summed E-state index contributed by atoms with van der Waals surface area (Å²) in [4.78, 5) is 35.6. The summed E-state index contributed by atoms with van der Waals surface area (Å²) < 4.78 is 8.55. The van der Waals surface area contributed by atoms with Crippen LogP contribution in [0.4, 0.5) is 0 Å². The molecule has 110 valence electrons. The second kappa shape index (κ2) is 13.3. The van der Waals surface area contributed by atoms with E-state index in [-0.39, 0.29) is 39.0 Å². The van der Waals surface area contributed by atoms with Crippen LogP contribution < -0.4 is 19.8 Å². The molecule has 0 aliphatic heterocycles. The summed E-state index contributed by atoms with van der Waals surface area (Å²) in [6, 6.07) is 0. The second-order valence-corrected chi connectivity index (χ2v) is 3.84. The molecule has 0 aromatic rings. The maximum atomic E-state index is 9.98. The van der Waals surface area contributed by atoms with E-state index in [1.165, 1.54) is 0 Å². The van der Waals surface area contributed by atoms with Crippen LogP contribution in [-0.4, -0.2) is 62.5 Å². The third kappa shape index (κ3) is 16.7. The molecule has 11 nitrogen and oxygen atoms in total. The van der Waals surface area contributed by atoms with Crippen LogP contribution in [0.25, 0.3) is 0 Å². The van der Waals surface area contributed by atoms with Crippen LogP contribution in [0.1, 0.15) is 0 Å². The van der Waals surface area contributed by atoms with Crippen LogP contribution in [0, 0.1) is 0 Å². The Morgan fingerprint density at radius 1 is 1.00 bits per heavy atom. The number of carboxylic acids is 1. The third-order valence-electron chi connectivity index (χ3n) is 1.50. The van der Waals surface area contributed by atoms with Crippen molar-refractivity contribution in [2.45, 2.75) is 24.4 Å². The Bertz CT molecular complexity index is 288. The number of hydrogen-bond donors (Lipinski definition) is 5. The number of carbonyl (C=O) groups is 1. The van der Waals surface area contributed by atoms with Gasteiger partial charge in [-0.3, -0.25) is 0 Å². The monoisotopic (exact) mass is 418 g/mol. The SMILES string of the molecule is O=C([O-])C(O)C(O)C(O)C(O)CO.O=P([O-])([O-])[O-].[Zn+2].[Zn+2]. The summed E-state index contributed by atoms with van der Waals surface area (Å²) in [6.07, 6.45) is -8.08. The van der Waals surface area contributed by atoms with Crippen LogP contribution in [0.2, 0.25) is 0 Å². The van der Waals surface area contributed by atoms with Crippen LogP contribution in [0.3, 0.4) is 0 Å². The minimum Gasteiger partial charge on any atom is -0.822 e. The molecule has 5 N–H and O–H groups in total. The number of carbonyl (C=O) groups excluding carboxylic acids is 1. The van der Waals surface area contributed by atoms with E-state index in [1.807, 2.05) is 0 Å². The van der Waals surface area contributed by atoms with Crippen molar-refractivity contribution in [1.82, 2.24) is 0 Å². The van der Waals surface area contributed by atoms with Gasteiger partial charge in [0.25, 0.3) is 0 Å². The van der Waals surface area contributed by atoms with E-state index in [2.05, 4.69) is 0 Å². The minimum absolute atomic E-state index is 0. The summed E-state index contributed by atoms with van der Waals surface area (Å²) in [7, 11) is -5.39. The van der Waals surface area contributed by atoms with Gasteiger partial charge < -0.3 is 54.7 Å². The molecule has 0 fully saturated rings. The zero-order chi connectivity index (χ0) is 15.1. The zero-order valence-electron chi connectivity index (χ0n) is 10.1. The first-order valence-corrected chi connectivity index (χ1v) is 5.65. The van der Waals surface area contributed by atoms with E-state index in [0.29, 0.717) is 0 Å². The minimum atomic E-state index is -5.39. The number of carboxylic acid groups (broad SMARTS) is 1. The van der Waals surface area contributed by atoms with Gasteiger partial charge in [-0.25, -0.2) is 0 Å². The van der Waals surface area contributed by atoms with Crippen molar-refractivity contribution in [2.75, 3.05) is 6.61 Å². The Kier molecular flexibility index (Phi) is 19.1. The van der Waals surface area contributed by atoms with Gasteiger partial charge in [-0.2, -0.15) is 7.82 Å². The van der Waals surface area contributed by atoms with Gasteiger partial charge in [-0.15, -0.1) is 0 Å². The maximum absolute atomic E-state index is 9.98. The van der Waals surface area contributed by atoms with Gasteiger partial charge in [0.05, 0.1) is 12.6 Å². The summed E-state index contributed by atoms with van der Waals surface area (Å²) in [6.45, 7) is -0.863. The van der Waals surface area contributed by atoms with E-state index in [4.69, 9.17) is 44.8 Å². The molecule has 0 rings (SSSR count). The quantitative estimate of drug-likeness (QED) is 0.207. The smallest absolute Gasteiger partial charge is 0.822 e. The molecule has 0 bridgehead atoms. The van der Waals surface area contributed by atoms with E-state index >= 15 is 0 Å². The molecule has 0 aromatic carbocycles. The molecule has 4 unspecified atom stereocenters. The number of aliphatic hydroxyl groups is 5. The van der Waals surface area contributed by atoms with Gasteiger partial charge >= 0.3 is 39.0 Å². The Labute approximate surface area is 138 Å². The van der Waals surface area contributed by atoms with E-state index in [9.17, 15) is 9.90 Å². The Balaban J connectivity index is -0.000000158. The topological polar surface area (TPSA) is 228 Å². The summed E-state index contributed by atoms with van der Waals surface area (Å²) in [5.74, 6) is -1.98. The van der Waals surface area contributed by atoms with Crippen molar-refractivity contribution in [3.63, 3.8) is 0 Å². The molecule has 0 saturated heterocycles. The first-order chi connectivity index (χ1) is 7.91. The Hall–Kier alpha value is 0.627. The van der Waals surface area contributed by atoms with Crippen molar-refractivity contribution in [3.8, 4) is 0 Å². The van der Waals surface area contributed by atoms with Gasteiger partial charge in [-0.05, 0) is 0 Å². The molecule has 0 saturated carbocycles. The van der Waals surface area contributed by atoms with Crippen molar-refractivity contribution >= 4 is 13.8 Å². The zero-order valence-corrected chi connectivity index (χ0v) is 16.9. The number of aliphatic hydroxyl groups excluding tert-OH is 5. The van der Waals surface area contributed by atoms with Crippen LogP contribution in [-0.2, 0) is 48.3 Å². The number of aliphatic carboxylic acids is 1. The maximum Gasteiger partial charge on any atom is 2.00 e. The first-order valence-electron chi connectivity index (χ1n) is 4.18. The van der Waals surface area contributed by atoms with E-state index < -0.39 is 44.8 Å². The molecule has 20 heavy (non-hydrogen) atoms. The predicted molar refractivity (Wildman–Crippen MR) is 43.7 cm³/mol. The third-order valence-corrected chi connectivity index (χ3v) is 1.50. The van der Waals surface area contributed by atoms with Crippen molar-refractivity contribution in [2.24, 2.45) is 0 Å². The van der Waals surface area contributed by atoms with Crippen molar-refractivity contribution in [1.29, 1.82) is 0 Å². The Morgan fingerprint density at radius 2 is 1.30 bits per heavy atom. The molecular formula is C6H11O11PZn2. The van der Waals surface area contributed by atoms with Gasteiger partial charge in [0.15, 0.2) is 0 Å². The summed E-state index contributed by atoms with van der Waals surface area (Å²) >= 11 is 0. The molecule has 0 radical (unpaired) electrons. The first kappa shape index (κ1) is 28.7. The predicted octanol–water partition coefficient (Wildman–Crippen LogP) is -7.66. The van der Waals surface area contributed by atoms with Gasteiger partial charge in [0, 0.05) is 0 Å². The van der Waals surface area contributed by atoms with Gasteiger partial charge in [0.1, 0.15) is 24.4 Å². The average molecular weight is 421 g/mol. The van der Waals surface area contributed by atoms with Crippen molar-refractivity contribution in [3.05, 3.63) is 0 Å². The van der Waals surface area contributed by atoms with Gasteiger partial charge in [-0.1, -0.05) is 0 Å². The number of rotatable bonds is 5. The summed E-state index contributed by atoms with van der Waals surface area (Å²) in [5, 5.41) is 53.4. The number of phosphoric acid groups is 1. The molecule has 0 spiro atoms. The molecule has 14 heteroatoms. The van der Waals surface area contributed by atoms with Crippen molar-refractivity contribution < 1.29 is 93.6 Å². The van der Waals surface area contributed by atoms with E-state index in [1.54, 1.807) is 0 Å². The van der Waals surface area contributed by atoms with Crippen LogP contribution >= 0.6 is 7.82 Å². The largest absolute Gasteiger partial charge is 2.00 e. The molecule has 0 aliphatic rings. The molecule has 0 heterocycles. The number of hydrogen-bond acceptors (Lipinski definition) is 11. The normalized spacial score (nSPS) is 16.2. The fraction of sp³-hybridized carbons (Fsp3) is 0.833. The fourth-order valence-corrected chi connectivity index (χ4v) is 0.662. The van der Waals surface area contributed by atoms with E-state index in [0.717, 1.165) is 0 Å². The Morgan fingerprint density at radius 3 is 1.50 bits per heavy atom. The molecule has 0 aromatic heterocycles. The summed E-state index contributed by atoms with van der Waals surface area (Å²) in [5.41, 5.74) is 0. The molecule has 0 amide bonds. The second-order valence-electron chi connectivity index (χ2n) is 2.94. The molecule has 0 aliphatic carbocycles. The van der Waals surface area contributed by atoms with Crippen LogP contribution in [0.15, 0.2) is 0 Å². The standard InChI is InChI=1S/C6H12O7.H3O4P.2Zn/c7-1-2(8)3(9)4(10)5(11)6(12)13;1-5(2,3)4;;/h2-5,7-11H,1H2,(H,12,13);(H3,1,2,3,4);;/q;;2*+2/p-4.